The number of nitrogens with zero attached hydrogens (tertiary/aromatic N) is 1. The first-order valence-electron chi connectivity index (χ1n) is 4.47. The Balaban J connectivity index is 5.02. The first-order valence-corrected chi connectivity index (χ1v) is 5.27. The molecule has 5 heteroatoms. The van der Waals surface area contributed by atoms with Crippen molar-refractivity contribution in [2.45, 2.75) is 26.7 Å². The smallest absolute Gasteiger partial charge is 0.356 e. The standard InChI is InChI=1S/C10H15BrN2O2/c1-4-6(2)5-8(12)9(10(14)15)13-7(3)11/h2,4-5,12H2,1,3H3,(H,14,15)/b9-8+,13-7?. The number of allylic oxidation sites excluding steroid dienone is 1. The number of carboxylic acids is 1. The monoisotopic (exact) mass is 274 g/mol. The summed E-state index contributed by atoms with van der Waals surface area (Å²) < 4.78 is 0.477. The number of halogens is 1. The van der Waals surface area contributed by atoms with E-state index in [9.17, 15) is 4.79 Å². The zero-order valence-electron chi connectivity index (χ0n) is 8.88. The molecular weight excluding hydrogens is 260 g/mol. The van der Waals surface area contributed by atoms with Crippen LogP contribution in [0.5, 0.6) is 0 Å². The molecule has 0 radical (unpaired) electrons. The summed E-state index contributed by atoms with van der Waals surface area (Å²) in [6.45, 7) is 7.35. The number of hydrogen-bond donors (Lipinski definition) is 2. The molecule has 0 atom stereocenters. The van der Waals surface area contributed by atoms with Crippen LogP contribution in [0.2, 0.25) is 0 Å². The average Bonchev–Trinajstić information content (AvgIpc) is 2.12. The van der Waals surface area contributed by atoms with E-state index in [2.05, 4.69) is 27.5 Å². The van der Waals surface area contributed by atoms with Crippen LogP contribution in [-0.4, -0.2) is 15.7 Å². The number of nitrogens with two attached hydrogens (primary N) is 1. The van der Waals surface area contributed by atoms with E-state index in [1.54, 1.807) is 6.92 Å². The van der Waals surface area contributed by atoms with E-state index < -0.39 is 5.97 Å². The van der Waals surface area contributed by atoms with Gasteiger partial charge in [-0.05, 0) is 29.3 Å². The van der Waals surface area contributed by atoms with Crippen molar-refractivity contribution in [1.29, 1.82) is 0 Å². The average molecular weight is 275 g/mol. The van der Waals surface area contributed by atoms with Crippen LogP contribution in [0, 0.1) is 0 Å². The van der Waals surface area contributed by atoms with Gasteiger partial charge >= 0.3 is 5.97 Å². The number of rotatable bonds is 5. The number of carboxylic acid groups (broad SMARTS) is 1. The van der Waals surface area contributed by atoms with Gasteiger partial charge in [0.25, 0.3) is 0 Å². The minimum absolute atomic E-state index is 0.126. The number of hydrogen-bond acceptors (Lipinski definition) is 3. The Kier molecular flexibility index (Phi) is 5.93. The van der Waals surface area contributed by atoms with Crippen LogP contribution in [0.1, 0.15) is 26.7 Å². The van der Waals surface area contributed by atoms with Crippen molar-refractivity contribution in [3.05, 3.63) is 23.5 Å². The van der Waals surface area contributed by atoms with E-state index in [1.807, 2.05) is 6.92 Å². The van der Waals surface area contributed by atoms with E-state index in [-0.39, 0.29) is 11.4 Å². The Bertz CT molecular complexity index is 328. The van der Waals surface area contributed by atoms with Crippen LogP contribution in [0.3, 0.4) is 0 Å². The summed E-state index contributed by atoms with van der Waals surface area (Å²) >= 11 is 3.07. The maximum atomic E-state index is 10.9. The third-order valence-electron chi connectivity index (χ3n) is 1.71. The van der Waals surface area contributed by atoms with Gasteiger partial charge < -0.3 is 10.8 Å². The Morgan fingerprint density at radius 1 is 1.60 bits per heavy atom. The molecule has 0 rings (SSSR count). The summed E-state index contributed by atoms with van der Waals surface area (Å²) in [6, 6.07) is 0. The van der Waals surface area contributed by atoms with E-state index in [4.69, 9.17) is 10.8 Å². The predicted molar refractivity (Wildman–Crippen MR) is 64.9 cm³/mol. The third kappa shape index (κ3) is 5.37. The van der Waals surface area contributed by atoms with Crippen molar-refractivity contribution >= 4 is 26.5 Å². The zero-order valence-corrected chi connectivity index (χ0v) is 10.5. The van der Waals surface area contributed by atoms with Crippen LogP contribution in [-0.2, 0) is 4.79 Å². The van der Waals surface area contributed by atoms with Crippen molar-refractivity contribution < 1.29 is 9.90 Å². The van der Waals surface area contributed by atoms with Crippen molar-refractivity contribution in [3.8, 4) is 0 Å². The molecule has 0 saturated carbocycles. The fourth-order valence-electron chi connectivity index (χ4n) is 0.889. The molecule has 3 N–H and O–H groups in total. The van der Waals surface area contributed by atoms with Crippen LogP contribution in [0.15, 0.2) is 28.5 Å². The molecule has 0 aliphatic heterocycles. The summed E-state index contributed by atoms with van der Waals surface area (Å²) in [7, 11) is 0. The second-order valence-electron chi connectivity index (χ2n) is 3.07. The topological polar surface area (TPSA) is 75.7 Å². The van der Waals surface area contributed by atoms with Gasteiger partial charge in [0.1, 0.15) is 0 Å². The van der Waals surface area contributed by atoms with Gasteiger partial charge in [-0.2, -0.15) is 0 Å². The maximum Gasteiger partial charge on any atom is 0.356 e. The molecule has 0 saturated heterocycles. The summed E-state index contributed by atoms with van der Waals surface area (Å²) in [6.07, 6.45) is 1.13. The molecule has 0 heterocycles. The van der Waals surface area contributed by atoms with Crippen molar-refractivity contribution in [3.63, 3.8) is 0 Å². The molecule has 0 amide bonds. The van der Waals surface area contributed by atoms with E-state index in [0.29, 0.717) is 11.0 Å². The Morgan fingerprint density at radius 3 is 2.47 bits per heavy atom. The number of aliphatic carboxylic acids is 1. The predicted octanol–water partition coefficient (Wildman–Crippen LogP) is 2.41. The normalized spacial score (nSPS) is 13.4. The Morgan fingerprint density at radius 2 is 2.13 bits per heavy atom. The van der Waals surface area contributed by atoms with E-state index in [1.165, 1.54) is 0 Å². The van der Waals surface area contributed by atoms with Crippen LogP contribution >= 0.6 is 15.9 Å². The highest BCUT2D eigenvalue weighted by molar-refractivity contribution is 9.18. The zero-order chi connectivity index (χ0) is 12.0. The Hall–Kier alpha value is -1.10. The van der Waals surface area contributed by atoms with Gasteiger partial charge in [0.05, 0.1) is 4.62 Å². The molecule has 0 aromatic carbocycles. The molecule has 0 aliphatic carbocycles. The second-order valence-corrected chi connectivity index (χ2v) is 4.22. The fourth-order valence-corrected chi connectivity index (χ4v) is 1.07. The summed E-state index contributed by atoms with van der Waals surface area (Å²) in [4.78, 5) is 14.7. The molecule has 0 aromatic rings. The van der Waals surface area contributed by atoms with Crippen LogP contribution in [0.4, 0.5) is 0 Å². The summed E-state index contributed by atoms with van der Waals surface area (Å²) in [5, 5.41) is 8.88. The van der Waals surface area contributed by atoms with Crippen molar-refractivity contribution in [2.24, 2.45) is 10.7 Å². The largest absolute Gasteiger partial charge is 0.476 e. The van der Waals surface area contributed by atoms with Crippen LogP contribution in [0.25, 0.3) is 0 Å². The SMILES string of the molecule is C=C(CC)C/C(N)=C(\N=C(C)Br)C(=O)O. The molecule has 4 nitrogen and oxygen atoms in total. The van der Waals surface area contributed by atoms with Gasteiger partial charge in [-0.15, -0.1) is 0 Å². The molecule has 0 spiro atoms. The number of aliphatic imine (C=N–C) groups is 1. The van der Waals surface area contributed by atoms with Crippen molar-refractivity contribution in [2.75, 3.05) is 0 Å². The lowest BCUT2D eigenvalue weighted by Gasteiger charge is -2.05. The summed E-state index contributed by atoms with van der Waals surface area (Å²) in [5.74, 6) is -1.13. The maximum absolute atomic E-state index is 10.9. The highest BCUT2D eigenvalue weighted by Crippen LogP contribution is 2.14. The molecule has 0 aromatic heterocycles. The molecule has 84 valence electrons. The minimum Gasteiger partial charge on any atom is -0.476 e. The summed E-state index contributed by atoms with van der Waals surface area (Å²) in [5.41, 5.74) is 6.64. The quantitative estimate of drug-likeness (QED) is 0.459. The Labute approximate surface area is 97.7 Å². The lowest BCUT2D eigenvalue weighted by molar-refractivity contribution is -0.132. The van der Waals surface area contributed by atoms with Gasteiger partial charge in [0, 0.05) is 12.1 Å². The fraction of sp³-hybridized carbons (Fsp3) is 0.400. The van der Waals surface area contributed by atoms with E-state index >= 15 is 0 Å². The number of carbonyl (C=O) groups is 1. The molecule has 0 fully saturated rings. The molecular formula is C10H15BrN2O2. The van der Waals surface area contributed by atoms with Gasteiger partial charge in [0.2, 0.25) is 0 Å². The van der Waals surface area contributed by atoms with Gasteiger partial charge in [-0.25, -0.2) is 9.79 Å². The molecule has 0 aliphatic rings. The van der Waals surface area contributed by atoms with E-state index in [0.717, 1.165) is 12.0 Å². The molecule has 0 bridgehead atoms. The molecule has 0 unspecified atom stereocenters. The highest BCUT2D eigenvalue weighted by atomic mass is 79.9. The third-order valence-corrected chi connectivity index (χ3v) is 1.89. The van der Waals surface area contributed by atoms with Crippen LogP contribution < -0.4 is 5.73 Å². The minimum atomic E-state index is -1.13. The lowest BCUT2D eigenvalue weighted by atomic mass is 10.1. The first-order chi connectivity index (χ1) is 6.88. The van der Waals surface area contributed by atoms with Crippen molar-refractivity contribution in [1.82, 2.24) is 0 Å². The van der Waals surface area contributed by atoms with Gasteiger partial charge in [0.15, 0.2) is 5.70 Å². The first kappa shape index (κ1) is 13.9. The second kappa shape index (κ2) is 6.40. The lowest BCUT2D eigenvalue weighted by Crippen LogP contribution is -2.10. The highest BCUT2D eigenvalue weighted by Gasteiger charge is 2.11. The van der Waals surface area contributed by atoms with Gasteiger partial charge in [-0.3, -0.25) is 0 Å². The van der Waals surface area contributed by atoms with Gasteiger partial charge in [-0.1, -0.05) is 19.1 Å². The molecule has 15 heavy (non-hydrogen) atoms.